The van der Waals surface area contributed by atoms with Gasteiger partial charge in [0, 0.05) is 33.2 Å². The summed E-state index contributed by atoms with van der Waals surface area (Å²) in [6, 6.07) is 0.496. The van der Waals surface area contributed by atoms with Crippen LogP contribution in [-0.2, 0) is 11.3 Å². The van der Waals surface area contributed by atoms with Crippen LogP contribution in [0.4, 0.5) is 0 Å². The summed E-state index contributed by atoms with van der Waals surface area (Å²) in [5.41, 5.74) is 0. The Hall–Kier alpha value is -1.47. The van der Waals surface area contributed by atoms with E-state index in [2.05, 4.69) is 25.4 Å². The first-order valence-electron chi connectivity index (χ1n) is 6.65. The molecule has 1 aliphatic heterocycles. The van der Waals surface area contributed by atoms with E-state index in [1.807, 2.05) is 0 Å². The van der Waals surface area contributed by atoms with Gasteiger partial charge in [-0.3, -0.25) is 14.8 Å². The van der Waals surface area contributed by atoms with Gasteiger partial charge in [-0.1, -0.05) is 0 Å². The van der Waals surface area contributed by atoms with Crippen molar-refractivity contribution in [3.63, 3.8) is 0 Å². The summed E-state index contributed by atoms with van der Waals surface area (Å²) in [6.45, 7) is 3.18. The molecule has 0 aliphatic carbocycles. The lowest BCUT2D eigenvalue weighted by molar-refractivity contribution is -0.130. The van der Waals surface area contributed by atoms with Crippen LogP contribution in [0.2, 0.25) is 0 Å². The van der Waals surface area contributed by atoms with Crippen LogP contribution in [0.5, 0.6) is 0 Å². The number of hydrogen-bond acceptors (Lipinski definition) is 5. The Balaban J connectivity index is 1.66. The van der Waals surface area contributed by atoms with Crippen molar-refractivity contribution >= 4 is 5.91 Å². The molecule has 19 heavy (non-hydrogen) atoms. The highest BCUT2D eigenvalue weighted by molar-refractivity contribution is 5.77. The molecule has 0 radical (unpaired) electrons. The fourth-order valence-electron chi connectivity index (χ4n) is 2.18. The van der Waals surface area contributed by atoms with E-state index in [-0.39, 0.29) is 5.91 Å². The van der Waals surface area contributed by atoms with E-state index in [0.29, 0.717) is 12.6 Å². The highest BCUT2D eigenvalue weighted by atomic mass is 16.2. The monoisotopic (exact) mass is 266 g/mol. The lowest BCUT2D eigenvalue weighted by atomic mass is 10.1. The molecule has 1 fully saturated rings. The summed E-state index contributed by atoms with van der Waals surface area (Å²) >= 11 is 0. The van der Waals surface area contributed by atoms with Crippen LogP contribution in [0.25, 0.3) is 0 Å². The summed E-state index contributed by atoms with van der Waals surface area (Å²) < 4.78 is 0. The molecule has 0 saturated carbocycles. The second-order valence-electron chi connectivity index (χ2n) is 5.15. The second kappa shape index (κ2) is 6.63. The number of carbonyl (C=O) groups is 1. The molecule has 7 nitrogen and oxygen atoms in total. The van der Waals surface area contributed by atoms with Gasteiger partial charge in [-0.25, -0.2) is 4.98 Å². The van der Waals surface area contributed by atoms with Gasteiger partial charge in [-0.2, -0.15) is 5.10 Å². The first kappa shape index (κ1) is 14.0. The normalized spacial score (nSPS) is 17.6. The summed E-state index contributed by atoms with van der Waals surface area (Å²) in [4.78, 5) is 19.6. The summed E-state index contributed by atoms with van der Waals surface area (Å²) in [5.74, 6) is 1.04. The molecular weight excluding hydrogens is 244 g/mol. The molecule has 1 saturated heterocycles. The van der Waals surface area contributed by atoms with Crippen LogP contribution in [0.3, 0.4) is 0 Å². The third-order valence-corrected chi connectivity index (χ3v) is 3.47. The Labute approximate surface area is 113 Å². The molecule has 1 aromatic rings. The number of nitrogens with one attached hydrogen (secondary N) is 2. The van der Waals surface area contributed by atoms with Gasteiger partial charge >= 0.3 is 0 Å². The van der Waals surface area contributed by atoms with Crippen molar-refractivity contribution in [1.29, 1.82) is 0 Å². The molecule has 1 aromatic heterocycles. The molecule has 0 unspecified atom stereocenters. The third kappa shape index (κ3) is 4.29. The molecule has 2 N–H and O–H groups in total. The predicted octanol–water partition coefficient (Wildman–Crippen LogP) is -0.553. The van der Waals surface area contributed by atoms with E-state index in [9.17, 15) is 4.79 Å². The third-order valence-electron chi connectivity index (χ3n) is 3.47. The predicted molar refractivity (Wildman–Crippen MR) is 71.4 cm³/mol. The number of nitrogens with zero attached hydrogens (tertiary/aromatic N) is 4. The zero-order valence-electron chi connectivity index (χ0n) is 11.6. The molecule has 1 aliphatic rings. The number of aromatic nitrogens is 3. The highest BCUT2D eigenvalue weighted by Crippen LogP contribution is 2.10. The summed E-state index contributed by atoms with van der Waals surface area (Å²) in [7, 11) is 3.60. The Kier molecular flexibility index (Phi) is 4.86. The summed E-state index contributed by atoms with van der Waals surface area (Å²) in [6.07, 6.45) is 3.65. The van der Waals surface area contributed by atoms with Gasteiger partial charge in [0.05, 0.1) is 13.1 Å². The van der Waals surface area contributed by atoms with Crippen LogP contribution >= 0.6 is 0 Å². The fraction of sp³-hybridized carbons (Fsp3) is 0.750. The minimum atomic E-state index is 0.174. The van der Waals surface area contributed by atoms with Crippen LogP contribution in [0.1, 0.15) is 18.7 Å². The van der Waals surface area contributed by atoms with Gasteiger partial charge < -0.3 is 10.2 Å². The van der Waals surface area contributed by atoms with Crippen LogP contribution in [0, 0.1) is 0 Å². The van der Waals surface area contributed by atoms with Crippen LogP contribution < -0.4 is 5.32 Å². The average molecular weight is 266 g/mol. The topological polar surface area (TPSA) is 77.2 Å². The number of piperidine rings is 1. The number of aromatic amines is 1. The van der Waals surface area contributed by atoms with E-state index < -0.39 is 0 Å². The Bertz CT molecular complexity index is 383. The number of carbonyl (C=O) groups excluding carboxylic acids is 1. The molecule has 0 bridgehead atoms. The molecule has 0 atom stereocenters. The van der Waals surface area contributed by atoms with Crippen LogP contribution in [-0.4, -0.2) is 70.7 Å². The quantitative estimate of drug-likeness (QED) is 0.747. The molecule has 7 heteroatoms. The van der Waals surface area contributed by atoms with E-state index in [0.717, 1.165) is 38.3 Å². The van der Waals surface area contributed by atoms with E-state index in [1.54, 1.807) is 19.0 Å². The maximum Gasteiger partial charge on any atom is 0.236 e. The van der Waals surface area contributed by atoms with Gasteiger partial charge in [0.2, 0.25) is 5.91 Å². The second-order valence-corrected chi connectivity index (χ2v) is 5.15. The molecular formula is C12H22N6O. The lowest BCUT2D eigenvalue weighted by Crippen LogP contribution is -2.45. The smallest absolute Gasteiger partial charge is 0.236 e. The van der Waals surface area contributed by atoms with Crippen molar-refractivity contribution in [2.75, 3.05) is 33.7 Å². The highest BCUT2D eigenvalue weighted by Gasteiger charge is 2.21. The SMILES string of the molecule is CN(C)C(=O)CN1CCC(NCc2ncn[nH]2)CC1. The van der Waals surface area contributed by atoms with Crippen molar-refractivity contribution in [1.82, 2.24) is 30.3 Å². The molecule has 106 valence electrons. The van der Waals surface area contributed by atoms with Gasteiger partial charge in [0.1, 0.15) is 12.2 Å². The van der Waals surface area contributed by atoms with Gasteiger partial charge in [-0.15, -0.1) is 0 Å². The Morgan fingerprint density at radius 2 is 2.26 bits per heavy atom. The zero-order valence-corrected chi connectivity index (χ0v) is 11.6. The zero-order chi connectivity index (χ0) is 13.7. The van der Waals surface area contributed by atoms with Crippen LogP contribution in [0.15, 0.2) is 6.33 Å². The fourth-order valence-corrected chi connectivity index (χ4v) is 2.18. The minimum absolute atomic E-state index is 0.174. The van der Waals surface area contributed by atoms with Crippen molar-refractivity contribution in [2.45, 2.75) is 25.4 Å². The van der Waals surface area contributed by atoms with E-state index in [4.69, 9.17) is 0 Å². The largest absolute Gasteiger partial charge is 0.348 e. The number of likely N-dealkylation sites (N-methyl/N-ethyl adjacent to an activating group) is 1. The molecule has 2 rings (SSSR count). The molecule has 0 spiro atoms. The Morgan fingerprint density at radius 3 is 2.84 bits per heavy atom. The standard InChI is InChI=1S/C12H22N6O/c1-17(2)12(19)8-18-5-3-10(4-6-18)13-7-11-14-9-15-16-11/h9-10,13H,3-8H2,1-2H3,(H,14,15,16). The van der Waals surface area contributed by atoms with Gasteiger partial charge in [-0.05, 0) is 12.8 Å². The number of likely N-dealkylation sites (tertiary alicyclic amines) is 1. The number of rotatable bonds is 5. The maximum atomic E-state index is 11.6. The van der Waals surface area contributed by atoms with Crippen molar-refractivity contribution in [3.05, 3.63) is 12.2 Å². The molecule has 1 amide bonds. The van der Waals surface area contributed by atoms with E-state index in [1.165, 1.54) is 6.33 Å². The average Bonchev–Trinajstić information content (AvgIpc) is 2.91. The number of hydrogen-bond donors (Lipinski definition) is 2. The van der Waals surface area contributed by atoms with Crippen molar-refractivity contribution in [2.24, 2.45) is 0 Å². The van der Waals surface area contributed by atoms with E-state index >= 15 is 0 Å². The van der Waals surface area contributed by atoms with Crippen molar-refractivity contribution in [3.8, 4) is 0 Å². The number of amides is 1. The number of H-pyrrole nitrogens is 1. The summed E-state index contributed by atoms with van der Waals surface area (Å²) in [5, 5.41) is 10.1. The first-order chi connectivity index (χ1) is 9.15. The van der Waals surface area contributed by atoms with Gasteiger partial charge in [0.25, 0.3) is 0 Å². The molecule has 2 heterocycles. The first-order valence-corrected chi connectivity index (χ1v) is 6.65. The lowest BCUT2D eigenvalue weighted by Gasteiger charge is -2.32. The Morgan fingerprint density at radius 1 is 1.53 bits per heavy atom. The van der Waals surface area contributed by atoms with Crippen molar-refractivity contribution < 1.29 is 4.79 Å². The minimum Gasteiger partial charge on any atom is -0.348 e. The van der Waals surface area contributed by atoms with Gasteiger partial charge in [0.15, 0.2) is 0 Å². The maximum absolute atomic E-state index is 11.6. The molecule has 0 aromatic carbocycles.